The van der Waals surface area contributed by atoms with Crippen LogP contribution in [0.15, 0.2) is 11.6 Å². The second-order valence-corrected chi connectivity index (χ2v) is 11.4. The van der Waals surface area contributed by atoms with Gasteiger partial charge in [-0.25, -0.2) is 0 Å². The van der Waals surface area contributed by atoms with Gasteiger partial charge in [-0.1, -0.05) is 26.3 Å². The molecule has 0 heterocycles. The maximum absolute atomic E-state index is 13.8. The van der Waals surface area contributed by atoms with E-state index >= 15 is 0 Å². The number of rotatable bonds is 5. The van der Waals surface area contributed by atoms with E-state index in [1.165, 1.54) is 19.6 Å². The van der Waals surface area contributed by atoms with Crippen LogP contribution in [0.1, 0.15) is 85.5 Å². The molecule has 3 fully saturated rings. The maximum Gasteiger partial charge on any atom is 0.305 e. The molecule has 0 unspecified atom stereocenters. The molecule has 0 radical (unpaired) electrons. The van der Waals surface area contributed by atoms with Gasteiger partial charge >= 0.3 is 11.9 Å². The Balaban J connectivity index is 1.56. The Morgan fingerprint density at radius 2 is 1.91 bits per heavy atom. The first-order chi connectivity index (χ1) is 15.1. The zero-order valence-corrected chi connectivity index (χ0v) is 20.4. The lowest BCUT2D eigenvalue weighted by molar-refractivity contribution is -0.151. The molecular weight excluding hydrogens is 404 g/mol. The summed E-state index contributed by atoms with van der Waals surface area (Å²) in [5.41, 5.74) is 1.12. The number of fused-ring (bicyclic) bond motifs is 5. The molecule has 8 atom stereocenters. The lowest BCUT2D eigenvalue weighted by Crippen LogP contribution is -2.52. The minimum absolute atomic E-state index is 0.0267. The number of methoxy groups -OCH3 is 1. The van der Waals surface area contributed by atoms with Crippen LogP contribution in [-0.4, -0.2) is 30.9 Å². The molecule has 5 heteroatoms. The molecule has 32 heavy (non-hydrogen) atoms. The molecule has 3 saturated carbocycles. The highest BCUT2D eigenvalue weighted by molar-refractivity contribution is 5.97. The Hall–Kier alpha value is -1.65. The summed E-state index contributed by atoms with van der Waals surface area (Å²) in [6, 6.07) is 0. The monoisotopic (exact) mass is 444 g/mol. The topological polar surface area (TPSA) is 69.7 Å². The number of carbonyl (C=O) groups excluding carboxylic acids is 3. The van der Waals surface area contributed by atoms with Crippen LogP contribution in [0.2, 0.25) is 0 Å². The van der Waals surface area contributed by atoms with Crippen molar-refractivity contribution in [3.8, 4) is 0 Å². The van der Waals surface area contributed by atoms with Crippen molar-refractivity contribution in [1.29, 1.82) is 0 Å². The van der Waals surface area contributed by atoms with Gasteiger partial charge < -0.3 is 9.47 Å². The van der Waals surface area contributed by atoms with Crippen LogP contribution in [0, 0.1) is 40.4 Å². The molecule has 0 bridgehead atoms. The Morgan fingerprint density at radius 3 is 2.59 bits per heavy atom. The molecule has 0 amide bonds. The molecule has 178 valence electrons. The molecule has 0 aliphatic heterocycles. The first kappa shape index (κ1) is 23.5. The normalized spacial score (nSPS) is 41.6. The first-order valence-electron chi connectivity index (χ1n) is 12.6. The molecule has 4 aliphatic rings. The van der Waals surface area contributed by atoms with Crippen LogP contribution in [0.3, 0.4) is 0 Å². The van der Waals surface area contributed by atoms with E-state index in [2.05, 4.69) is 20.8 Å². The van der Waals surface area contributed by atoms with Crippen molar-refractivity contribution in [2.75, 3.05) is 7.11 Å². The summed E-state index contributed by atoms with van der Waals surface area (Å²) in [6.45, 7) is 8.28. The van der Waals surface area contributed by atoms with Gasteiger partial charge in [0.25, 0.3) is 0 Å². The minimum atomic E-state index is -0.318. The Labute approximate surface area is 192 Å². The van der Waals surface area contributed by atoms with E-state index in [9.17, 15) is 14.4 Å². The van der Waals surface area contributed by atoms with Gasteiger partial charge in [0.05, 0.1) is 7.11 Å². The lowest BCUT2D eigenvalue weighted by atomic mass is 9.48. The van der Waals surface area contributed by atoms with Crippen molar-refractivity contribution in [3.63, 3.8) is 0 Å². The number of ketones is 1. The molecule has 0 saturated heterocycles. The van der Waals surface area contributed by atoms with E-state index in [0.29, 0.717) is 41.8 Å². The van der Waals surface area contributed by atoms with Gasteiger partial charge in [0.1, 0.15) is 6.10 Å². The third kappa shape index (κ3) is 3.74. The van der Waals surface area contributed by atoms with Crippen molar-refractivity contribution in [1.82, 2.24) is 0 Å². The summed E-state index contributed by atoms with van der Waals surface area (Å²) in [7, 11) is 1.44. The summed E-state index contributed by atoms with van der Waals surface area (Å²) >= 11 is 0. The largest absolute Gasteiger partial charge is 0.469 e. The molecular formula is C27H40O5. The SMILES string of the molecule is COC(=O)CC[C@@H](C)[C@@H]1CC[C@@H]2[C@@H]3CC[C@@H]4C[C@H](OC(C)=O)CC[C@@]4(C)C3=CC(=O)[C@]21C. The number of carbonyl (C=O) groups is 3. The second-order valence-electron chi connectivity index (χ2n) is 11.4. The standard InChI is InChI=1S/C27H40O5/c1-16(6-11-25(30)31-5)21-9-10-22-20-8-7-18-14-19(32-17(2)28)12-13-26(18,3)23(20)15-24(29)27(21,22)4/h15-16,18-22H,6-14H2,1-5H3/t16-,18-,19-,20+,21+,22-,26-,27+/m1/s1. The summed E-state index contributed by atoms with van der Waals surface area (Å²) in [4.78, 5) is 36.9. The quantitative estimate of drug-likeness (QED) is 0.541. The Kier molecular flexibility index (Phi) is 6.32. The fourth-order valence-electron chi connectivity index (χ4n) is 8.21. The van der Waals surface area contributed by atoms with Crippen molar-refractivity contribution in [2.45, 2.75) is 91.6 Å². The maximum atomic E-state index is 13.8. The molecule has 0 N–H and O–H groups in total. The fraction of sp³-hybridized carbons (Fsp3) is 0.815. The van der Waals surface area contributed by atoms with Crippen molar-refractivity contribution in [2.24, 2.45) is 40.4 Å². The van der Waals surface area contributed by atoms with Crippen molar-refractivity contribution >= 4 is 17.7 Å². The van der Waals surface area contributed by atoms with Crippen molar-refractivity contribution in [3.05, 3.63) is 11.6 Å². The molecule has 4 rings (SSSR count). The van der Waals surface area contributed by atoms with Gasteiger partial charge in [0.2, 0.25) is 0 Å². The molecule has 0 spiro atoms. The number of hydrogen-bond donors (Lipinski definition) is 0. The molecule has 0 aromatic heterocycles. The minimum Gasteiger partial charge on any atom is -0.469 e. The summed E-state index contributed by atoms with van der Waals surface area (Å²) < 4.78 is 10.4. The van der Waals surface area contributed by atoms with Gasteiger partial charge in [-0.3, -0.25) is 14.4 Å². The second kappa shape index (κ2) is 8.61. The van der Waals surface area contributed by atoms with Gasteiger partial charge in [-0.15, -0.1) is 0 Å². The number of esters is 2. The van der Waals surface area contributed by atoms with E-state index in [1.807, 2.05) is 6.08 Å². The van der Waals surface area contributed by atoms with Crippen LogP contribution in [0.5, 0.6) is 0 Å². The highest BCUT2D eigenvalue weighted by Crippen LogP contribution is 2.65. The molecule has 0 aromatic rings. The van der Waals surface area contributed by atoms with Gasteiger partial charge in [-0.2, -0.15) is 0 Å². The number of hydrogen-bond acceptors (Lipinski definition) is 5. The third-order valence-electron chi connectivity index (χ3n) is 10.0. The van der Waals surface area contributed by atoms with Gasteiger partial charge in [0.15, 0.2) is 5.78 Å². The summed E-state index contributed by atoms with van der Waals surface area (Å²) in [6.07, 6.45) is 10.5. The predicted octanol–water partition coefficient (Wildman–Crippen LogP) is 5.27. The first-order valence-corrected chi connectivity index (χ1v) is 12.6. The average Bonchev–Trinajstić information content (AvgIpc) is 3.11. The summed E-state index contributed by atoms with van der Waals surface area (Å²) in [5, 5.41) is 0. The van der Waals surface area contributed by atoms with Crippen LogP contribution in [0.4, 0.5) is 0 Å². The van der Waals surface area contributed by atoms with E-state index in [4.69, 9.17) is 9.47 Å². The Morgan fingerprint density at radius 1 is 1.16 bits per heavy atom. The summed E-state index contributed by atoms with van der Waals surface area (Å²) in [5.74, 6) is 1.99. The van der Waals surface area contributed by atoms with Gasteiger partial charge in [0, 0.05) is 18.8 Å². The number of ether oxygens (including phenoxy) is 2. The number of allylic oxidation sites excluding steroid dienone is 2. The Bertz CT molecular complexity index is 815. The third-order valence-corrected chi connectivity index (χ3v) is 10.0. The molecule has 4 aliphatic carbocycles. The van der Waals surface area contributed by atoms with E-state index in [0.717, 1.165) is 51.4 Å². The average molecular weight is 445 g/mol. The van der Waals surface area contributed by atoms with E-state index in [-0.39, 0.29) is 28.9 Å². The van der Waals surface area contributed by atoms with Crippen LogP contribution in [0.25, 0.3) is 0 Å². The van der Waals surface area contributed by atoms with E-state index < -0.39 is 0 Å². The lowest BCUT2D eigenvalue weighted by Gasteiger charge is -2.56. The van der Waals surface area contributed by atoms with Crippen LogP contribution >= 0.6 is 0 Å². The van der Waals surface area contributed by atoms with Crippen LogP contribution < -0.4 is 0 Å². The van der Waals surface area contributed by atoms with E-state index in [1.54, 1.807) is 0 Å². The van der Waals surface area contributed by atoms with Crippen molar-refractivity contribution < 1.29 is 23.9 Å². The van der Waals surface area contributed by atoms with Crippen LogP contribution in [-0.2, 0) is 23.9 Å². The van der Waals surface area contributed by atoms with Gasteiger partial charge in [-0.05, 0) is 92.4 Å². The smallest absolute Gasteiger partial charge is 0.305 e. The fourth-order valence-corrected chi connectivity index (χ4v) is 8.21. The molecule has 0 aromatic carbocycles. The highest BCUT2D eigenvalue weighted by atomic mass is 16.5. The zero-order valence-electron chi connectivity index (χ0n) is 20.4. The molecule has 5 nitrogen and oxygen atoms in total. The zero-order chi connectivity index (χ0) is 23.3. The highest BCUT2D eigenvalue weighted by Gasteiger charge is 2.61. The predicted molar refractivity (Wildman–Crippen MR) is 122 cm³/mol.